The molecule has 0 bridgehead atoms. The van der Waals surface area contributed by atoms with E-state index >= 15 is 0 Å². The Morgan fingerprint density at radius 1 is 1.44 bits per heavy atom. The fourth-order valence-corrected chi connectivity index (χ4v) is 2.78. The van der Waals surface area contributed by atoms with Gasteiger partial charge in [-0.15, -0.1) is 0 Å². The minimum atomic E-state index is 0.486. The third-order valence-electron chi connectivity index (χ3n) is 3.54. The Bertz CT molecular complexity index is 561. The van der Waals surface area contributed by atoms with Crippen molar-refractivity contribution in [1.29, 1.82) is 0 Å². The summed E-state index contributed by atoms with van der Waals surface area (Å²) in [5.41, 5.74) is 0.921. The van der Waals surface area contributed by atoms with Gasteiger partial charge in [0.15, 0.2) is 5.15 Å². The second-order valence-corrected chi connectivity index (χ2v) is 4.96. The monoisotopic (exact) mass is 265 g/mol. The van der Waals surface area contributed by atoms with Crippen molar-refractivity contribution < 1.29 is 4.74 Å². The Labute approximate surface area is 111 Å². The fourth-order valence-electron chi connectivity index (χ4n) is 2.55. The SMILES string of the molecule is COc1ccn2c(C3CCNCC3)nc(Cl)c2c1. The van der Waals surface area contributed by atoms with Gasteiger partial charge in [-0.25, -0.2) is 4.98 Å². The molecule has 1 N–H and O–H groups in total. The third kappa shape index (κ3) is 1.95. The highest BCUT2D eigenvalue weighted by molar-refractivity contribution is 6.32. The quantitative estimate of drug-likeness (QED) is 0.907. The molecule has 3 heterocycles. The van der Waals surface area contributed by atoms with Crippen LogP contribution in [0.3, 0.4) is 0 Å². The van der Waals surface area contributed by atoms with Crippen LogP contribution in [-0.2, 0) is 0 Å². The highest BCUT2D eigenvalue weighted by Crippen LogP contribution is 2.30. The number of imidazole rings is 1. The first-order valence-corrected chi connectivity index (χ1v) is 6.59. The molecule has 96 valence electrons. The van der Waals surface area contributed by atoms with Crippen LogP contribution in [0.1, 0.15) is 24.6 Å². The van der Waals surface area contributed by atoms with Crippen molar-refractivity contribution in [1.82, 2.24) is 14.7 Å². The van der Waals surface area contributed by atoms with Crippen LogP contribution in [0.25, 0.3) is 5.52 Å². The van der Waals surface area contributed by atoms with E-state index in [2.05, 4.69) is 14.7 Å². The highest BCUT2D eigenvalue weighted by atomic mass is 35.5. The number of nitrogens with zero attached hydrogens (tertiary/aromatic N) is 2. The van der Waals surface area contributed by atoms with Gasteiger partial charge in [-0.2, -0.15) is 0 Å². The van der Waals surface area contributed by atoms with Gasteiger partial charge in [0.1, 0.15) is 11.6 Å². The predicted octanol–water partition coefficient (Wildman–Crippen LogP) is 2.46. The van der Waals surface area contributed by atoms with Crippen LogP contribution >= 0.6 is 11.6 Å². The summed E-state index contributed by atoms with van der Waals surface area (Å²) in [4.78, 5) is 4.53. The molecule has 0 unspecified atom stereocenters. The Morgan fingerprint density at radius 2 is 2.22 bits per heavy atom. The van der Waals surface area contributed by atoms with Gasteiger partial charge in [-0.05, 0) is 32.0 Å². The van der Waals surface area contributed by atoms with Crippen LogP contribution in [0.4, 0.5) is 0 Å². The zero-order valence-corrected chi connectivity index (χ0v) is 11.1. The molecule has 2 aromatic rings. The lowest BCUT2D eigenvalue weighted by Gasteiger charge is -2.21. The molecule has 4 nitrogen and oxygen atoms in total. The van der Waals surface area contributed by atoms with E-state index in [1.54, 1.807) is 7.11 Å². The van der Waals surface area contributed by atoms with Crippen molar-refractivity contribution >= 4 is 17.1 Å². The lowest BCUT2D eigenvalue weighted by atomic mass is 9.97. The van der Waals surface area contributed by atoms with Crippen molar-refractivity contribution in [2.75, 3.05) is 20.2 Å². The molecular weight excluding hydrogens is 250 g/mol. The van der Waals surface area contributed by atoms with Gasteiger partial charge < -0.3 is 14.5 Å². The first-order chi connectivity index (χ1) is 8.79. The topological polar surface area (TPSA) is 38.6 Å². The number of fused-ring (bicyclic) bond motifs is 1. The van der Waals surface area contributed by atoms with Crippen molar-refractivity contribution in [2.24, 2.45) is 0 Å². The zero-order chi connectivity index (χ0) is 12.5. The maximum absolute atomic E-state index is 6.22. The van der Waals surface area contributed by atoms with E-state index in [4.69, 9.17) is 16.3 Å². The van der Waals surface area contributed by atoms with Gasteiger partial charge in [-0.1, -0.05) is 11.6 Å². The first kappa shape index (κ1) is 11.8. The van der Waals surface area contributed by atoms with E-state index in [-0.39, 0.29) is 0 Å². The maximum atomic E-state index is 6.22. The molecule has 0 aromatic carbocycles. The average Bonchev–Trinajstić information content (AvgIpc) is 2.77. The number of hydrogen-bond acceptors (Lipinski definition) is 3. The lowest BCUT2D eigenvalue weighted by molar-refractivity contribution is 0.414. The number of nitrogens with one attached hydrogen (secondary N) is 1. The van der Waals surface area contributed by atoms with Crippen molar-refractivity contribution in [3.05, 3.63) is 29.3 Å². The normalized spacial score (nSPS) is 17.2. The number of aromatic nitrogens is 2. The molecule has 2 aromatic heterocycles. The van der Waals surface area contributed by atoms with Gasteiger partial charge in [0, 0.05) is 18.2 Å². The number of piperidine rings is 1. The smallest absolute Gasteiger partial charge is 0.155 e. The van der Waals surface area contributed by atoms with Crippen LogP contribution in [0.2, 0.25) is 5.15 Å². The van der Waals surface area contributed by atoms with Crippen LogP contribution in [-0.4, -0.2) is 29.6 Å². The van der Waals surface area contributed by atoms with E-state index in [9.17, 15) is 0 Å². The third-order valence-corrected chi connectivity index (χ3v) is 3.82. The van der Waals surface area contributed by atoms with Gasteiger partial charge in [0.05, 0.1) is 12.6 Å². The maximum Gasteiger partial charge on any atom is 0.155 e. The van der Waals surface area contributed by atoms with E-state index in [1.807, 2.05) is 18.3 Å². The van der Waals surface area contributed by atoms with Crippen molar-refractivity contribution in [3.63, 3.8) is 0 Å². The molecule has 1 saturated heterocycles. The van der Waals surface area contributed by atoms with Crippen LogP contribution in [0.5, 0.6) is 5.75 Å². The summed E-state index contributed by atoms with van der Waals surface area (Å²) in [6.45, 7) is 2.10. The number of halogens is 1. The minimum Gasteiger partial charge on any atom is -0.497 e. The fraction of sp³-hybridized carbons (Fsp3) is 0.462. The summed E-state index contributed by atoms with van der Waals surface area (Å²) in [7, 11) is 1.66. The number of hydrogen-bond donors (Lipinski definition) is 1. The zero-order valence-electron chi connectivity index (χ0n) is 10.3. The Morgan fingerprint density at radius 3 is 2.94 bits per heavy atom. The van der Waals surface area contributed by atoms with Crippen LogP contribution in [0.15, 0.2) is 18.3 Å². The number of rotatable bonds is 2. The van der Waals surface area contributed by atoms with E-state index in [0.717, 1.165) is 43.0 Å². The molecule has 0 amide bonds. The summed E-state index contributed by atoms with van der Waals surface area (Å²) in [6, 6.07) is 3.87. The largest absolute Gasteiger partial charge is 0.497 e. The standard InChI is InChI=1S/C13H16ClN3O/c1-18-10-4-7-17-11(8-10)12(14)16-13(17)9-2-5-15-6-3-9/h4,7-9,15H,2-3,5-6H2,1H3. The minimum absolute atomic E-state index is 0.486. The lowest BCUT2D eigenvalue weighted by Crippen LogP contribution is -2.27. The van der Waals surface area contributed by atoms with E-state index in [1.165, 1.54) is 0 Å². The van der Waals surface area contributed by atoms with Crippen molar-refractivity contribution in [3.8, 4) is 5.75 Å². The molecule has 0 atom stereocenters. The average molecular weight is 266 g/mol. The summed E-state index contributed by atoms with van der Waals surface area (Å²) in [5.74, 6) is 2.36. The number of pyridine rings is 1. The van der Waals surface area contributed by atoms with Crippen LogP contribution < -0.4 is 10.1 Å². The van der Waals surface area contributed by atoms with Gasteiger partial charge in [0.2, 0.25) is 0 Å². The molecular formula is C13H16ClN3O. The molecule has 1 fully saturated rings. The first-order valence-electron chi connectivity index (χ1n) is 6.22. The summed E-state index contributed by atoms with van der Waals surface area (Å²) in [5, 5.41) is 3.93. The van der Waals surface area contributed by atoms with Gasteiger partial charge in [-0.3, -0.25) is 0 Å². The Balaban J connectivity index is 2.07. The molecule has 0 aliphatic carbocycles. The number of ether oxygens (including phenoxy) is 1. The molecule has 1 aliphatic rings. The molecule has 18 heavy (non-hydrogen) atoms. The van der Waals surface area contributed by atoms with Crippen LogP contribution in [0, 0.1) is 0 Å². The second-order valence-electron chi connectivity index (χ2n) is 4.61. The molecule has 3 rings (SSSR count). The number of methoxy groups -OCH3 is 1. The second kappa shape index (κ2) is 4.78. The van der Waals surface area contributed by atoms with E-state index < -0.39 is 0 Å². The molecule has 0 spiro atoms. The van der Waals surface area contributed by atoms with E-state index in [0.29, 0.717) is 11.1 Å². The summed E-state index contributed by atoms with van der Waals surface area (Å²) in [6.07, 6.45) is 4.22. The molecule has 1 aliphatic heterocycles. The van der Waals surface area contributed by atoms with Gasteiger partial charge >= 0.3 is 0 Å². The highest BCUT2D eigenvalue weighted by Gasteiger charge is 2.21. The molecule has 0 radical (unpaired) electrons. The van der Waals surface area contributed by atoms with Crippen molar-refractivity contribution in [2.45, 2.75) is 18.8 Å². The predicted molar refractivity (Wildman–Crippen MR) is 71.6 cm³/mol. The molecule has 5 heteroatoms. The molecule has 0 saturated carbocycles. The van der Waals surface area contributed by atoms with Gasteiger partial charge in [0.25, 0.3) is 0 Å². The summed E-state index contributed by atoms with van der Waals surface area (Å²) < 4.78 is 7.31. The Hall–Kier alpha value is -1.26. The Kier molecular flexibility index (Phi) is 3.14. The summed E-state index contributed by atoms with van der Waals surface area (Å²) >= 11 is 6.22.